The van der Waals surface area contributed by atoms with Gasteiger partial charge in [0.2, 0.25) is 0 Å². The predicted molar refractivity (Wildman–Crippen MR) is 87.8 cm³/mol. The lowest BCUT2D eigenvalue weighted by Gasteiger charge is -2.26. The van der Waals surface area contributed by atoms with Crippen LogP contribution < -0.4 is 5.73 Å². The van der Waals surface area contributed by atoms with Gasteiger partial charge in [-0.2, -0.15) is 0 Å². The predicted octanol–water partition coefficient (Wildman–Crippen LogP) is 2.82. The quantitative estimate of drug-likeness (QED) is 0.941. The van der Waals surface area contributed by atoms with E-state index in [9.17, 15) is 9.18 Å². The van der Waals surface area contributed by atoms with Crippen molar-refractivity contribution >= 4 is 17.2 Å². The SMILES string of the molecule is Cc1nc(C(=O)N2[C@H](CN)C[C@@H]3C[C@@H]32)c(-c2ccc(F)cc2)s1. The van der Waals surface area contributed by atoms with Crippen LogP contribution in [0.1, 0.15) is 28.3 Å². The van der Waals surface area contributed by atoms with Gasteiger partial charge in [0.15, 0.2) is 0 Å². The van der Waals surface area contributed by atoms with E-state index in [0.29, 0.717) is 24.2 Å². The molecule has 3 atom stereocenters. The van der Waals surface area contributed by atoms with E-state index in [0.717, 1.165) is 28.3 Å². The summed E-state index contributed by atoms with van der Waals surface area (Å²) in [6, 6.07) is 6.67. The lowest BCUT2D eigenvalue weighted by atomic mass is 10.1. The van der Waals surface area contributed by atoms with Crippen molar-refractivity contribution in [1.29, 1.82) is 0 Å². The topological polar surface area (TPSA) is 59.2 Å². The molecule has 2 aromatic rings. The number of carbonyl (C=O) groups is 1. The van der Waals surface area contributed by atoms with Crippen molar-refractivity contribution in [1.82, 2.24) is 9.88 Å². The highest BCUT2D eigenvalue weighted by Gasteiger charge is 2.54. The van der Waals surface area contributed by atoms with Gasteiger partial charge in [-0.3, -0.25) is 4.79 Å². The first-order valence-electron chi connectivity index (χ1n) is 7.84. The van der Waals surface area contributed by atoms with E-state index in [1.54, 1.807) is 12.1 Å². The summed E-state index contributed by atoms with van der Waals surface area (Å²) in [7, 11) is 0. The number of likely N-dealkylation sites (tertiary alicyclic amines) is 1. The maximum Gasteiger partial charge on any atom is 0.274 e. The molecule has 2 heterocycles. The molecule has 0 spiro atoms. The number of halogens is 1. The van der Waals surface area contributed by atoms with Crippen LogP contribution in [0, 0.1) is 18.7 Å². The first kappa shape index (κ1) is 14.8. The van der Waals surface area contributed by atoms with E-state index in [4.69, 9.17) is 5.73 Å². The van der Waals surface area contributed by atoms with Crippen LogP contribution in [0.5, 0.6) is 0 Å². The third-order valence-electron chi connectivity index (χ3n) is 4.76. The lowest BCUT2D eigenvalue weighted by Crippen LogP contribution is -2.42. The zero-order valence-electron chi connectivity index (χ0n) is 12.8. The van der Waals surface area contributed by atoms with Gasteiger partial charge >= 0.3 is 0 Å². The molecule has 1 amide bonds. The number of hydrogen-bond donors (Lipinski definition) is 1. The number of rotatable bonds is 3. The van der Waals surface area contributed by atoms with Crippen LogP contribution in [0.15, 0.2) is 24.3 Å². The van der Waals surface area contributed by atoms with Crippen molar-refractivity contribution in [3.05, 3.63) is 40.8 Å². The number of fused-ring (bicyclic) bond motifs is 1. The van der Waals surface area contributed by atoms with Crippen LogP contribution in [0.25, 0.3) is 10.4 Å². The Hall–Kier alpha value is -1.79. The largest absolute Gasteiger partial charge is 0.330 e. The number of aromatic nitrogens is 1. The molecule has 1 aromatic carbocycles. The molecule has 2 aliphatic rings. The van der Waals surface area contributed by atoms with Gasteiger partial charge in [0.1, 0.15) is 11.5 Å². The molecule has 120 valence electrons. The van der Waals surface area contributed by atoms with E-state index in [1.165, 1.54) is 23.5 Å². The van der Waals surface area contributed by atoms with Gasteiger partial charge < -0.3 is 10.6 Å². The van der Waals surface area contributed by atoms with Crippen LogP contribution in [0.3, 0.4) is 0 Å². The Bertz CT molecular complexity index is 758. The third-order valence-corrected chi connectivity index (χ3v) is 5.78. The number of amides is 1. The molecule has 0 unspecified atom stereocenters. The van der Waals surface area contributed by atoms with Gasteiger partial charge in [0.25, 0.3) is 5.91 Å². The molecule has 2 fully saturated rings. The van der Waals surface area contributed by atoms with Gasteiger partial charge in [-0.05, 0) is 43.4 Å². The fourth-order valence-electron chi connectivity index (χ4n) is 3.58. The Morgan fingerprint density at radius 3 is 2.83 bits per heavy atom. The summed E-state index contributed by atoms with van der Waals surface area (Å²) in [5.41, 5.74) is 7.15. The van der Waals surface area contributed by atoms with Gasteiger partial charge in [0, 0.05) is 18.6 Å². The van der Waals surface area contributed by atoms with E-state index in [-0.39, 0.29) is 17.8 Å². The minimum atomic E-state index is -0.286. The Morgan fingerprint density at radius 2 is 2.13 bits per heavy atom. The molecule has 1 aliphatic carbocycles. The number of hydrogen-bond acceptors (Lipinski definition) is 4. The molecule has 1 aromatic heterocycles. The number of nitrogens with zero attached hydrogens (tertiary/aromatic N) is 2. The lowest BCUT2D eigenvalue weighted by molar-refractivity contribution is 0.0701. The molecule has 1 aliphatic heterocycles. The normalized spacial score (nSPS) is 25.5. The molecular formula is C17H18FN3OS. The summed E-state index contributed by atoms with van der Waals surface area (Å²) in [6.45, 7) is 2.38. The van der Waals surface area contributed by atoms with Crippen molar-refractivity contribution < 1.29 is 9.18 Å². The maximum atomic E-state index is 13.2. The molecule has 23 heavy (non-hydrogen) atoms. The number of benzene rings is 1. The maximum absolute atomic E-state index is 13.2. The summed E-state index contributed by atoms with van der Waals surface area (Å²) in [6.07, 6.45) is 2.08. The minimum absolute atomic E-state index is 0.0332. The van der Waals surface area contributed by atoms with Gasteiger partial charge in [0.05, 0.1) is 9.88 Å². The van der Waals surface area contributed by atoms with Crippen molar-refractivity contribution in [3.8, 4) is 10.4 Å². The smallest absolute Gasteiger partial charge is 0.274 e. The van der Waals surface area contributed by atoms with Crippen LogP contribution in [0.2, 0.25) is 0 Å². The van der Waals surface area contributed by atoms with Crippen molar-refractivity contribution in [2.45, 2.75) is 31.8 Å². The average Bonchev–Trinajstić information content (AvgIpc) is 3.03. The minimum Gasteiger partial charge on any atom is -0.330 e. The molecule has 6 heteroatoms. The molecule has 4 rings (SSSR count). The van der Waals surface area contributed by atoms with E-state index in [2.05, 4.69) is 4.98 Å². The van der Waals surface area contributed by atoms with Crippen LogP contribution in [-0.4, -0.2) is 34.4 Å². The van der Waals surface area contributed by atoms with Crippen LogP contribution in [-0.2, 0) is 0 Å². The van der Waals surface area contributed by atoms with Gasteiger partial charge in [-0.25, -0.2) is 9.37 Å². The summed E-state index contributed by atoms with van der Waals surface area (Å²) in [5, 5.41) is 0.837. The van der Waals surface area contributed by atoms with Crippen molar-refractivity contribution in [3.63, 3.8) is 0 Å². The molecule has 0 bridgehead atoms. The molecule has 0 radical (unpaired) electrons. The highest BCUT2D eigenvalue weighted by molar-refractivity contribution is 7.15. The fraction of sp³-hybridized carbons (Fsp3) is 0.412. The summed E-state index contributed by atoms with van der Waals surface area (Å²) < 4.78 is 13.2. The monoisotopic (exact) mass is 331 g/mol. The van der Waals surface area contributed by atoms with Gasteiger partial charge in [-0.1, -0.05) is 12.1 Å². The summed E-state index contributed by atoms with van der Waals surface area (Å²) in [5.74, 6) is 0.294. The standard InChI is InChI=1S/C17H18FN3OS/c1-9-20-15(16(23-9)10-2-4-12(18)5-3-10)17(22)21-13(8-19)6-11-7-14(11)21/h2-5,11,13-14H,6-8,19H2,1H3/t11-,13+,14+/m1/s1. The molecule has 2 N–H and O–H groups in total. The summed E-state index contributed by atoms with van der Waals surface area (Å²) >= 11 is 1.47. The number of nitrogens with two attached hydrogens (primary N) is 1. The zero-order valence-corrected chi connectivity index (χ0v) is 13.6. The first-order chi connectivity index (χ1) is 11.1. The molecule has 1 saturated heterocycles. The molecule has 1 saturated carbocycles. The highest BCUT2D eigenvalue weighted by Crippen LogP contribution is 2.48. The highest BCUT2D eigenvalue weighted by atomic mass is 32.1. The summed E-state index contributed by atoms with van der Waals surface area (Å²) in [4.78, 5) is 20.3. The second-order valence-corrected chi connectivity index (χ2v) is 7.52. The molecular weight excluding hydrogens is 313 g/mol. The number of thiazole rings is 1. The van der Waals surface area contributed by atoms with Crippen molar-refractivity contribution in [2.24, 2.45) is 11.7 Å². The second-order valence-electron chi connectivity index (χ2n) is 6.32. The Labute approximate surface area is 138 Å². The Kier molecular flexibility index (Phi) is 3.46. The number of carbonyl (C=O) groups excluding carboxylic acids is 1. The Morgan fingerprint density at radius 1 is 1.39 bits per heavy atom. The molecule has 4 nitrogen and oxygen atoms in total. The van der Waals surface area contributed by atoms with E-state index >= 15 is 0 Å². The van der Waals surface area contributed by atoms with E-state index in [1.807, 2.05) is 11.8 Å². The van der Waals surface area contributed by atoms with Gasteiger partial charge in [-0.15, -0.1) is 11.3 Å². The second kappa shape index (κ2) is 5.39. The van der Waals surface area contributed by atoms with Crippen LogP contribution >= 0.6 is 11.3 Å². The fourth-order valence-corrected chi connectivity index (χ4v) is 4.49. The average molecular weight is 331 g/mol. The van der Waals surface area contributed by atoms with E-state index < -0.39 is 0 Å². The number of piperidine rings is 1. The first-order valence-corrected chi connectivity index (χ1v) is 8.66. The third kappa shape index (κ3) is 2.46. The number of aryl methyl sites for hydroxylation is 1. The zero-order chi connectivity index (χ0) is 16.1. The Balaban J connectivity index is 1.71. The van der Waals surface area contributed by atoms with Crippen LogP contribution in [0.4, 0.5) is 4.39 Å². The van der Waals surface area contributed by atoms with Crippen molar-refractivity contribution in [2.75, 3.05) is 6.54 Å².